The fourth-order valence-electron chi connectivity index (χ4n) is 3.03. The number of halogens is 4. The van der Waals surface area contributed by atoms with Gasteiger partial charge in [-0.15, -0.1) is 11.3 Å². The summed E-state index contributed by atoms with van der Waals surface area (Å²) in [6.07, 6.45) is -3.10. The second-order valence-corrected chi connectivity index (χ2v) is 7.95. The lowest BCUT2D eigenvalue weighted by atomic mass is 10.1. The van der Waals surface area contributed by atoms with Gasteiger partial charge in [-0.05, 0) is 42.6 Å². The normalized spacial score (nSPS) is 11.8. The molecule has 10 heteroatoms. The third-order valence-electron chi connectivity index (χ3n) is 4.47. The maximum Gasteiger partial charge on any atom is 0.416 e. The van der Waals surface area contributed by atoms with Gasteiger partial charge in [-0.25, -0.2) is 9.67 Å². The number of aryl methyl sites for hydroxylation is 1. The molecule has 0 radical (unpaired) electrons. The number of nitrogens with one attached hydrogen (secondary N) is 1. The molecule has 0 spiro atoms. The van der Waals surface area contributed by atoms with E-state index in [0.717, 1.165) is 17.0 Å². The molecule has 1 aromatic carbocycles. The minimum atomic E-state index is -4.44. The van der Waals surface area contributed by atoms with Gasteiger partial charge in [0.1, 0.15) is 0 Å². The van der Waals surface area contributed by atoms with E-state index in [9.17, 15) is 18.0 Å². The van der Waals surface area contributed by atoms with Crippen molar-refractivity contribution in [1.82, 2.24) is 14.8 Å². The molecule has 4 rings (SSSR count). The Hall–Kier alpha value is -2.91. The molecule has 0 aliphatic heterocycles. The highest BCUT2D eigenvalue weighted by atomic mass is 35.5. The number of benzene rings is 1. The van der Waals surface area contributed by atoms with Crippen molar-refractivity contribution in [2.75, 3.05) is 5.32 Å². The lowest BCUT2D eigenvalue weighted by Gasteiger charge is -2.10. The number of rotatable bonds is 4. The first-order chi connectivity index (χ1) is 14.2. The van der Waals surface area contributed by atoms with Crippen LogP contribution in [0, 0.1) is 6.92 Å². The van der Waals surface area contributed by atoms with E-state index in [4.69, 9.17) is 11.6 Å². The molecule has 0 atom stereocenters. The highest BCUT2D eigenvalue weighted by molar-refractivity contribution is 7.09. The Labute approximate surface area is 178 Å². The Bertz CT molecular complexity index is 1220. The molecule has 30 heavy (non-hydrogen) atoms. The number of alkyl halides is 3. The van der Waals surface area contributed by atoms with Crippen LogP contribution in [0.5, 0.6) is 0 Å². The number of amides is 1. The number of carbonyl (C=O) groups is 1. The quantitative estimate of drug-likeness (QED) is 0.429. The number of fused-ring (bicyclic) bond motifs is 1. The van der Waals surface area contributed by atoms with Gasteiger partial charge in [0.05, 0.1) is 33.8 Å². The van der Waals surface area contributed by atoms with Crippen molar-refractivity contribution < 1.29 is 18.0 Å². The fraction of sp³-hybridized carbons (Fsp3) is 0.150. The highest BCUT2D eigenvalue weighted by Crippen LogP contribution is 2.31. The van der Waals surface area contributed by atoms with E-state index in [1.165, 1.54) is 18.3 Å². The van der Waals surface area contributed by atoms with Crippen LogP contribution in [0.4, 0.5) is 18.9 Å². The van der Waals surface area contributed by atoms with Crippen molar-refractivity contribution in [2.45, 2.75) is 19.6 Å². The summed E-state index contributed by atoms with van der Waals surface area (Å²) in [6, 6.07) is 8.11. The van der Waals surface area contributed by atoms with Crippen molar-refractivity contribution in [3.8, 4) is 0 Å². The lowest BCUT2D eigenvalue weighted by Crippen LogP contribution is -2.13. The molecule has 0 saturated heterocycles. The molecule has 0 unspecified atom stereocenters. The Balaban J connectivity index is 1.62. The predicted octanol–water partition coefficient (Wildman–Crippen LogP) is 5.77. The number of anilines is 1. The van der Waals surface area contributed by atoms with Gasteiger partial charge < -0.3 is 5.32 Å². The van der Waals surface area contributed by atoms with E-state index in [0.29, 0.717) is 23.3 Å². The highest BCUT2D eigenvalue weighted by Gasteiger charge is 2.30. The molecule has 3 heterocycles. The summed E-state index contributed by atoms with van der Waals surface area (Å²) in [5.41, 5.74) is 0.715. The summed E-state index contributed by atoms with van der Waals surface area (Å²) in [5, 5.41) is 9.76. The molecule has 0 aliphatic carbocycles. The van der Waals surface area contributed by atoms with Crippen LogP contribution in [0.2, 0.25) is 5.02 Å². The Morgan fingerprint density at radius 1 is 1.23 bits per heavy atom. The summed E-state index contributed by atoms with van der Waals surface area (Å²) < 4.78 is 39.8. The molecule has 0 fully saturated rings. The molecule has 1 amide bonds. The minimum Gasteiger partial charge on any atom is -0.322 e. The Morgan fingerprint density at radius 2 is 1.97 bits per heavy atom. The second-order valence-electron chi connectivity index (χ2n) is 6.54. The average Bonchev–Trinajstić information content (AvgIpc) is 3.30. The number of nitrogens with zero attached hydrogens (tertiary/aromatic N) is 3. The summed E-state index contributed by atoms with van der Waals surface area (Å²) in [6.45, 7) is 2.31. The molecular formula is C20H14ClF3N4OS. The zero-order valence-electron chi connectivity index (χ0n) is 15.5. The molecule has 0 bridgehead atoms. The fourth-order valence-corrected chi connectivity index (χ4v) is 4.08. The van der Waals surface area contributed by atoms with E-state index in [2.05, 4.69) is 15.4 Å². The molecular weight excluding hydrogens is 437 g/mol. The number of hydrogen-bond donors (Lipinski definition) is 1. The van der Waals surface area contributed by atoms with Crippen LogP contribution in [0.25, 0.3) is 11.0 Å². The zero-order valence-corrected chi connectivity index (χ0v) is 17.1. The molecule has 1 N–H and O–H groups in total. The molecule has 0 aliphatic rings. The third kappa shape index (κ3) is 3.90. The Morgan fingerprint density at radius 3 is 2.60 bits per heavy atom. The third-order valence-corrected chi connectivity index (χ3v) is 5.73. The van der Waals surface area contributed by atoms with Crippen molar-refractivity contribution in [1.29, 1.82) is 0 Å². The standard InChI is InChI=1S/C20H14ClF3N4OS/c1-11-16-17(21)15(9-25-18(16)28(27-11)10-14-3-2-8-30-14)19(29)26-13-6-4-12(5-7-13)20(22,23)24/h2-9H,10H2,1H3,(H,26,29). The topological polar surface area (TPSA) is 59.8 Å². The maximum atomic E-state index is 12.7. The number of thiophene rings is 1. The smallest absolute Gasteiger partial charge is 0.322 e. The first kappa shape index (κ1) is 20.4. The van der Waals surface area contributed by atoms with Gasteiger partial charge in [0, 0.05) is 16.8 Å². The van der Waals surface area contributed by atoms with Gasteiger partial charge >= 0.3 is 6.18 Å². The van der Waals surface area contributed by atoms with Crippen LogP contribution in [0.1, 0.15) is 26.5 Å². The van der Waals surface area contributed by atoms with Gasteiger partial charge in [0.2, 0.25) is 0 Å². The summed E-state index contributed by atoms with van der Waals surface area (Å²) in [7, 11) is 0. The van der Waals surface area contributed by atoms with Crippen molar-refractivity contribution in [3.63, 3.8) is 0 Å². The van der Waals surface area contributed by atoms with Crippen LogP contribution in [0.3, 0.4) is 0 Å². The summed E-state index contributed by atoms with van der Waals surface area (Å²) in [4.78, 5) is 18.1. The van der Waals surface area contributed by atoms with E-state index < -0.39 is 17.6 Å². The van der Waals surface area contributed by atoms with Crippen molar-refractivity contribution >= 4 is 45.6 Å². The van der Waals surface area contributed by atoms with Crippen LogP contribution in [-0.4, -0.2) is 20.7 Å². The number of aromatic nitrogens is 3. The summed E-state index contributed by atoms with van der Waals surface area (Å²) >= 11 is 8.08. The van der Waals surface area contributed by atoms with Gasteiger partial charge in [-0.2, -0.15) is 18.3 Å². The van der Waals surface area contributed by atoms with Crippen LogP contribution >= 0.6 is 22.9 Å². The number of carbonyl (C=O) groups excluding carboxylic acids is 1. The first-order valence-electron chi connectivity index (χ1n) is 8.76. The number of pyridine rings is 1. The van der Waals surface area contributed by atoms with Gasteiger partial charge in [-0.3, -0.25) is 4.79 Å². The van der Waals surface area contributed by atoms with Crippen molar-refractivity contribution in [3.05, 3.63) is 74.7 Å². The van der Waals surface area contributed by atoms with E-state index >= 15 is 0 Å². The largest absolute Gasteiger partial charge is 0.416 e. The van der Waals surface area contributed by atoms with Gasteiger partial charge in [-0.1, -0.05) is 17.7 Å². The van der Waals surface area contributed by atoms with Gasteiger partial charge in [0.15, 0.2) is 5.65 Å². The zero-order chi connectivity index (χ0) is 21.5. The van der Waals surface area contributed by atoms with Crippen LogP contribution in [0.15, 0.2) is 48.0 Å². The second kappa shape index (κ2) is 7.73. The van der Waals surface area contributed by atoms with Crippen LogP contribution in [-0.2, 0) is 12.7 Å². The summed E-state index contributed by atoms with van der Waals surface area (Å²) in [5.74, 6) is -0.570. The van der Waals surface area contributed by atoms with E-state index in [-0.39, 0.29) is 16.3 Å². The minimum absolute atomic E-state index is 0.114. The lowest BCUT2D eigenvalue weighted by molar-refractivity contribution is -0.137. The van der Waals surface area contributed by atoms with Crippen LogP contribution < -0.4 is 5.32 Å². The first-order valence-corrected chi connectivity index (χ1v) is 10.0. The molecule has 5 nitrogen and oxygen atoms in total. The van der Waals surface area contributed by atoms with Gasteiger partial charge in [0.25, 0.3) is 5.91 Å². The SMILES string of the molecule is Cc1nn(Cc2cccs2)c2ncc(C(=O)Nc3ccc(C(F)(F)F)cc3)c(Cl)c12. The van der Waals surface area contributed by atoms with E-state index in [1.807, 2.05) is 17.5 Å². The average molecular weight is 451 g/mol. The molecule has 0 saturated carbocycles. The Kier molecular flexibility index (Phi) is 5.25. The number of hydrogen-bond acceptors (Lipinski definition) is 4. The molecule has 154 valence electrons. The monoisotopic (exact) mass is 450 g/mol. The van der Waals surface area contributed by atoms with E-state index in [1.54, 1.807) is 22.9 Å². The molecule has 3 aromatic heterocycles. The molecule has 4 aromatic rings. The van der Waals surface area contributed by atoms with Crippen molar-refractivity contribution in [2.24, 2.45) is 0 Å². The maximum absolute atomic E-state index is 12.7. The predicted molar refractivity (Wildman–Crippen MR) is 110 cm³/mol.